The van der Waals surface area contributed by atoms with E-state index in [0.717, 1.165) is 37.2 Å². The van der Waals surface area contributed by atoms with Gasteiger partial charge >= 0.3 is 0 Å². The molecule has 0 aromatic heterocycles. The molecule has 0 radical (unpaired) electrons. The molecule has 5 heteroatoms. The molecular weight excluding hydrogens is 355 g/mol. The van der Waals surface area contributed by atoms with Crippen LogP contribution in [0.4, 0.5) is 4.39 Å². The van der Waals surface area contributed by atoms with E-state index in [1.54, 1.807) is 13.2 Å². The molecule has 2 aromatic carbocycles. The Labute approximate surface area is 166 Å². The zero-order valence-corrected chi connectivity index (χ0v) is 16.7. The van der Waals surface area contributed by atoms with Gasteiger partial charge in [-0.3, -0.25) is 9.69 Å². The number of likely N-dealkylation sites (tertiary alicyclic amines) is 1. The summed E-state index contributed by atoms with van der Waals surface area (Å²) in [6.07, 6.45) is 3.13. The standard InChI is InChI=1S/C23H29FN2O2/c1-25(23(27)14-13-18-8-4-6-12-22(18)28-2)20-10-7-15-26(17-20)16-19-9-3-5-11-21(19)24/h3-6,8-9,11-12,20H,7,10,13-17H2,1-2H3/t20-/m0/s1. The summed E-state index contributed by atoms with van der Waals surface area (Å²) >= 11 is 0. The van der Waals surface area contributed by atoms with Crippen LogP contribution in [0.5, 0.6) is 5.75 Å². The maximum absolute atomic E-state index is 14.0. The Kier molecular flexibility index (Phi) is 7.04. The minimum atomic E-state index is -0.161. The van der Waals surface area contributed by atoms with Crippen LogP contribution in [0.1, 0.15) is 30.4 Å². The molecule has 0 bridgehead atoms. The van der Waals surface area contributed by atoms with E-state index in [-0.39, 0.29) is 17.8 Å². The number of amides is 1. The van der Waals surface area contributed by atoms with Crippen molar-refractivity contribution in [1.82, 2.24) is 9.80 Å². The number of carbonyl (C=O) groups excluding carboxylic acids is 1. The minimum absolute atomic E-state index is 0.142. The Morgan fingerprint density at radius 1 is 1.18 bits per heavy atom. The van der Waals surface area contributed by atoms with Crippen LogP contribution in [-0.2, 0) is 17.8 Å². The number of nitrogens with zero attached hydrogens (tertiary/aromatic N) is 2. The van der Waals surface area contributed by atoms with Crippen LogP contribution in [0.2, 0.25) is 0 Å². The molecule has 0 N–H and O–H groups in total. The maximum atomic E-state index is 14.0. The van der Waals surface area contributed by atoms with Gasteiger partial charge in [-0.25, -0.2) is 4.39 Å². The van der Waals surface area contributed by atoms with Crippen LogP contribution in [0.25, 0.3) is 0 Å². The Bertz CT molecular complexity index is 796. The van der Waals surface area contributed by atoms with Gasteiger partial charge < -0.3 is 9.64 Å². The van der Waals surface area contributed by atoms with Crippen molar-refractivity contribution in [2.45, 2.75) is 38.3 Å². The van der Waals surface area contributed by atoms with Crippen molar-refractivity contribution < 1.29 is 13.9 Å². The minimum Gasteiger partial charge on any atom is -0.496 e. The number of hydrogen-bond acceptors (Lipinski definition) is 3. The van der Waals surface area contributed by atoms with Gasteiger partial charge in [0.25, 0.3) is 0 Å². The molecule has 4 nitrogen and oxygen atoms in total. The third-order valence-corrected chi connectivity index (χ3v) is 5.57. The van der Waals surface area contributed by atoms with Crippen molar-refractivity contribution in [1.29, 1.82) is 0 Å². The molecule has 28 heavy (non-hydrogen) atoms. The monoisotopic (exact) mass is 384 g/mol. The number of benzene rings is 2. The summed E-state index contributed by atoms with van der Waals surface area (Å²) in [5.74, 6) is 0.807. The van der Waals surface area contributed by atoms with Crippen LogP contribution >= 0.6 is 0 Å². The van der Waals surface area contributed by atoms with Gasteiger partial charge in [0.1, 0.15) is 11.6 Å². The van der Waals surface area contributed by atoms with Gasteiger partial charge in [-0.2, -0.15) is 0 Å². The summed E-state index contributed by atoms with van der Waals surface area (Å²) in [7, 11) is 3.54. The van der Waals surface area contributed by atoms with Crippen molar-refractivity contribution in [3.63, 3.8) is 0 Å². The molecule has 1 aliphatic rings. The largest absolute Gasteiger partial charge is 0.496 e. The van der Waals surface area contributed by atoms with Gasteiger partial charge in [-0.15, -0.1) is 0 Å². The van der Waals surface area contributed by atoms with E-state index in [1.807, 2.05) is 48.3 Å². The highest BCUT2D eigenvalue weighted by Gasteiger charge is 2.26. The number of rotatable bonds is 7. The van der Waals surface area contributed by atoms with Gasteiger partial charge in [0.2, 0.25) is 5.91 Å². The average Bonchev–Trinajstić information content (AvgIpc) is 2.73. The first-order valence-electron chi connectivity index (χ1n) is 9.92. The van der Waals surface area contributed by atoms with Gasteiger partial charge in [0, 0.05) is 38.2 Å². The average molecular weight is 384 g/mol. The maximum Gasteiger partial charge on any atom is 0.222 e. The van der Waals surface area contributed by atoms with Crippen molar-refractivity contribution in [2.24, 2.45) is 0 Å². The molecule has 0 aliphatic carbocycles. The molecular formula is C23H29FN2O2. The number of piperidine rings is 1. The fraction of sp³-hybridized carbons (Fsp3) is 0.435. The first kappa shape index (κ1) is 20.3. The molecule has 1 amide bonds. The normalized spacial score (nSPS) is 17.3. The highest BCUT2D eigenvalue weighted by Crippen LogP contribution is 2.21. The summed E-state index contributed by atoms with van der Waals surface area (Å²) in [5, 5.41) is 0. The molecule has 0 saturated carbocycles. The van der Waals surface area contributed by atoms with E-state index < -0.39 is 0 Å². The van der Waals surface area contributed by atoms with Crippen LogP contribution in [-0.4, -0.2) is 49.0 Å². The van der Waals surface area contributed by atoms with Crippen LogP contribution in [0, 0.1) is 5.82 Å². The third-order valence-electron chi connectivity index (χ3n) is 5.57. The summed E-state index contributed by atoms with van der Waals surface area (Å²) in [4.78, 5) is 16.9. The van der Waals surface area contributed by atoms with Crippen LogP contribution in [0.15, 0.2) is 48.5 Å². The molecule has 0 spiro atoms. The molecule has 3 rings (SSSR count). The molecule has 2 aromatic rings. The summed E-state index contributed by atoms with van der Waals surface area (Å²) < 4.78 is 19.3. The molecule has 1 fully saturated rings. The first-order chi connectivity index (χ1) is 13.6. The Morgan fingerprint density at radius 2 is 1.89 bits per heavy atom. The Hall–Kier alpha value is -2.40. The first-order valence-corrected chi connectivity index (χ1v) is 9.92. The van der Waals surface area contributed by atoms with Crippen LogP contribution < -0.4 is 4.74 Å². The summed E-state index contributed by atoms with van der Waals surface area (Å²) in [5.41, 5.74) is 1.77. The number of para-hydroxylation sites is 1. The third kappa shape index (κ3) is 5.10. The number of hydrogen-bond donors (Lipinski definition) is 0. The highest BCUT2D eigenvalue weighted by atomic mass is 19.1. The van der Waals surface area contributed by atoms with E-state index in [9.17, 15) is 9.18 Å². The number of aryl methyl sites for hydroxylation is 1. The Balaban J connectivity index is 1.55. The topological polar surface area (TPSA) is 32.8 Å². The van der Waals surface area contributed by atoms with Crippen molar-refractivity contribution >= 4 is 5.91 Å². The molecule has 1 atom stereocenters. The number of carbonyl (C=O) groups is 1. The second kappa shape index (κ2) is 9.69. The lowest BCUT2D eigenvalue weighted by molar-refractivity contribution is -0.133. The SMILES string of the molecule is COc1ccccc1CCC(=O)N(C)[C@H]1CCCN(Cc2ccccc2F)C1. The second-order valence-electron chi connectivity index (χ2n) is 7.44. The van der Waals surface area contributed by atoms with Gasteiger partial charge in [-0.1, -0.05) is 36.4 Å². The summed E-state index contributed by atoms with van der Waals surface area (Å²) in [6, 6.07) is 14.9. The number of methoxy groups -OCH3 is 1. The van der Waals surface area contributed by atoms with Gasteiger partial charge in [0.05, 0.1) is 7.11 Å². The van der Waals surface area contributed by atoms with E-state index >= 15 is 0 Å². The Morgan fingerprint density at radius 3 is 2.64 bits per heavy atom. The van der Waals surface area contributed by atoms with Crippen molar-refractivity contribution in [3.8, 4) is 5.75 Å². The molecule has 0 unspecified atom stereocenters. The number of likely N-dealkylation sites (N-methyl/N-ethyl adjacent to an activating group) is 1. The van der Waals surface area contributed by atoms with Gasteiger partial charge in [-0.05, 0) is 43.5 Å². The lowest BCUT2D eigenvalue weighted by Crippen LogP contribution is -2.48. The predicted molar refractivity (Wildman–Crippen MR) is 109 cm³/mol. The van der Waals surface area contributed by atoms with Crippen molar-refractivity contribution in [2.75, 3.05) is 27.2 Å². The molecule has 150 valence electrons. The quantitative estimate of drug-likeness (QED) is 0.726. The van der Waals surface area contributed by atoms with E-state index in [2.05, 4.69) is 4.90 Å². The van der Waals surface area contributed by atoms with E-state index in [4.69, 9.17) is 4.74 Å². The fourth-order valence-electron chi connectivity index (χ4n) is 3.89. The van der Waals surface area contributed by atoms with E-state index in [1.165, 1.54) is 6.07 Å². The number of halogens is 1. The smallest absolute Gasteiger partial charge is 0.222 e. The zero-order chi connectivity index (χ0) is 19.9. The lowest BCUT2D eigenvalue weighted by atomic mass is 10.0. The van der Waals surface area contributed by atoms with Crippen LogP contribution in [0.3, 0.4) is 0 Å². The zero-order valence-electron chi connectivity index (χ0n) is 16.7. The van der Waals surface area contributed by atoms with Gasteiger partial charge in [0.15, 0.2) is 0 Å². The highest BCUT2D eigenvalue weighted by molar-refractivity contribution is 5.76. The second-order valence-corrected chi connectivity index (χ2v) is 7.44. The fourth-order valence-corrected chi connectivity index (χ4v) is 3.89. The van der Waals surface area contributed by atoms with E-state index in [0.29, 0.717) is 24.9 Å². The molecule has 1 heterocycles. The number of ether oxygens (including phenoxy) is 1. The van der Waals surface area contributed by atoms with Crippen molar-refractivity contribution in [3.05, 3.63) is 65.5 Å². The molecule has 1 aliphatic heterocycles. The summed E-state index contributed by atoms with van der Waals surface area (Å²) in [6.45, 7) is 2.31. The predicted octanol–water partition coefficient (Wildman–Crippen LogP) is 3.89. The molecule has 1 saturated heterocycles. The lowest BCUT2D eigenvalue weighted by Gasteiger charge is -2.37.